The first kappa shape index (κ1) is 15.5. The van der Waals surface area contributed by atoms with Crippen LogP contribution in [0.2, 0.25) is 0 Å². The second-order valence-electron chi connectivity index (χ2n) is 4.98. The van der Waals surface area contributed by atoms with Crippen LogP contribution in [0, 0.1) is 11.3 Å². The number of amides is 1. The molecule has 0 fully saturated rings. The van der Waals surface area contributed by atoms with Crippen molar-refractivity contribution in [3.8, 4) is 6.07 Å². The van der Waals surface area contributed by atoms with Gasteiger partial charge in [-0.25, -0.2) is 4.79 Å². The molecule has 2 N–H and O–H groups in total. The van der Waals surface area contributed by atoms with Crippen LogP contribution in [0.25, 0.3) is 0 Å². The van der Waals surface area contributed by atoms with Gasteiger partial charge in [-0.05, 0) is 32.9 Å². The predicted molar refractivity (Wildman–Crippen MR) is 75.0 cm³/mol. The number of alkyl carbamates (subject to hydrolysis) is 1. The average molecular weight is 281 g/mol. The first-order valence-corrected chi connectivity index (χ1v) is 6.89. The minimum atomic E-state index is -0.470. The smallest absolute Gasteiger partial charge is 0.407 e. The number of hydrogen-bond acceptors (Lipinski definition) is 5. The summed E-state index contributed by atoms with van der Waals surface area (Å²) in [6, 6.07) is 5.84. The zero-order valence-corrected chi connectivity index (χ0v) is 12.3. The van der Waals surface area contributed by atoms with Gasteiger partial charge in [0, 0.05) is 24.5 Å². The van der Waals surface area contributed by atoms with Crippen molar-refractivity contribution in [3.05, 3.63) is 21.9 Å². The van der Waals surface area contributed by atoms with Crippen LogP contribution in [0.3, 0.4) is 0 Å². The van der Waals surface area contributed by atoms with Crippen molar-refractivity contribution in [2.24, 2.45) is 0 Å². The number of carbonyl (C=O) groups excluding carboxylic acids is 1. The molecule has 1 heterocycles. The number of ether oxygens (including phenoxy) is 1. The molecule has 0 saturated heterocycles. The van der Waals surface area contributed by atoms with E-state index in [0.717, 1.165) is 4.88 Å². The summed E-state index contributed by atoms with van der Waals surface area (Å²) in [5, 5.41) is 14.6. The summed E-state index contributed by atoms with van der Waals surface area (Å²) >= 11 is 1.47. The Morgan fingerprint density at radius 2 is 2.16 bits per heavy atom. The van der Waals surface area contributed by atoms with E-state index in [-0.39, 0.29) is 0 Å². The maximum atomic E-state index is 11.3. The molecule has 0 saturated carbocycles. The summed E-state index contributed by atoms with van der Waals surface area (Å²) in [6.07, 6.45) is -0.405. The number of carbonyl (C=O) groups is 1. The highest BCUT2D eigenvalue weighted by Gasteiger charge is 2.15. The van der Waals surface area contributed by atoms with E-state index in [4.69, 9.17) is 10.00 Å². The Morgan fingerprint density at radius 1 is 1.42 bits per heavy atom. The molecular formula is C13H19N3O2S. The van der Waals surface area contributed by atoms with E-state index in [1.165, 1.54) is 11.3 Å². The number of rotatable bonds is 5. The minimum Gasteiger partial charge on any atom is -0.444 e. The van der Waals surface area contributed by atoms with Crippen LogP contribution in [-0.4, -0.2) is 24.8 Å². The van der Waals surface area contributed by atoms with Crippen molar-refractivity contribution in [3.63, 3.8) is 0 Å². The van der Waals surface area contributed by atoms with Crippen LogP contribution in [0.4, 0.5) is 4.79 Å². The van der Waals surface area contributed by atoms with Crippen molar-refractivity contribution in [2.75, 3.05) is 13.1 Å². The van der Waals surface area contributed by atoms with Gasteiger partial charge in [-0.15, -0.1) is 11.3 Å². The maximum absolute atomic E-state index is 11.3. The summed E-state index contributed by atoms with van der Waals surface area (Å²) < 4.78 is 5.11. The molecule has 104 valence electrons. The monoisotopic (exact) mass is 281 g/mol. The largest absolute Gasteiger partial charge is 0.444 e. The Labute approximate surface area is 117 Å². The highest BCUT2D eigenvalue weighted by atomic mass is 32.1. The van der Waals surface area contributed by atoms with E-state index in [1.807, 2.05) is 26.8 Å². The summed E-state index contributed by atoms with van der Waals surface area (Å²) in [7, 11) is 0. The highest BCUT2D eigenvalue weighted by Crippen LogP contribution is 2.14. The van der Waals surface area contributed by atoms with Crippen molar-refractivity contribution < 1.29 is 9.53 Å². The van der Waals surface area contributed by atoms with Crippen LogP contribution in [-0.2, 0) is 11.3 Å². The third kappa shape index (κ3) is 6.79. The molecule has 6 heteroatoms. The zero-order valence-electron chi connectivity index (χ0n) is 11.4. The van der Waals surface area contributed by atoms with Crippen LogP contribution in [0.1, 0.15) is 30.5 Å². The summed E-state index contributed by atoms with van der Waals surface area (Å²) in [6.45, 7) is 7.34. The average Bonchev–Trinajstić information content (AvgIpc) is 2.74. The molecule has 0 aliphatic carbocycles. The highest BCUT2D eigenvalue weighted by molar-refractivity contribution is 7.12. The van der Waals surface area contributed by atoms with Gasteiger partial charge in [-0.3, -0.25) is 0 Å². The summed E-state index contributed by atoms with van der Waals surface area (Å²) in [5.74, 6) is 0. The Bertz CT molecular complexity index is 457. The molecule has 0 aliphatic heterocycles. The molecule has 1 aromatic heterocycles. The fourth-order valence-electron chi connectivity index (χ4n) is 1.31. The molecule has 0 bridgehead atoms. The fourth-order valence-corrected chi connectivity index (χ4v) is 2.09. The Balaban J connectivity index is 2.11. The van der Waals surface area contributed by atoms with Gasteiger partial charge >= 0.3 is 6.09 Å². The SMILES string of the molecule is CC(C)(C)OC(=O)NCCNCc1ccc(C#N)s1. The standard InChI is InChI=1S/C13H19N3O2S/c1-13(2,3)18-12(17)16-7-6-15-9-11-5-4-10(8-14)19-11/h4-5,15H,6-7,9H2,1-3H3,(H,16,17). The molecule has 0 atom stereocenters. The van der Waals surface area contributed by atoms with Gasteiger partial charge in [0.25, 0.3) is 0 Å². The van der Waals surface area contributed by atoms with Crippen molar-refractivity contribution in [2.45, 2.75) is 32.9 Å². The molecule has 1 amide bonds. The van der Waals surface area contributed by atoms with Crippen molar-refractivity contribution in [1.29, 1.82) is 5.26 Å². The lowest BCUT2D eigenvalue weighted by Gasteiger charge is -2.19. The molecule has 0 aliphatic rings. The third-order valence-electron chi connectivity index (χ3n) is 2.04. The zero-order chi connectivity index (χ0) is 14.3. The van der Waals surface area contributed by atoms with Crippen LogP contribution in [0.5, 0.6) is 0 Å². The van der Waals surface area contributed by atoms with E-state index in [9.17, 15) is 4.79 Å². The van der Waals surface area contributed by atoms with Gasteiger partial charge in [0.1, 0.15) is 16.5 Å². The number of nitrogens with one attached hydrogen (secondary N) is 2. The number of nitrogens with zero attached hydrogens (tertiary/aromatic N) is 1. The second kappa shape index (κ2) is 7.12. The van der Waals surface area contributed by atoms with Gasteiger partial charge in [-0.2, -0.15) is 5.26 Å². The van der Waals surface area contributed by atoms with Gasteiger partial charge in [0.15, 0.2) is 0 Å². The quantitative estimate of drug-likeness (QED) is 0.812. The summed E-state index contributed by atoms with van der Waals surface area (Å²) in [4.78, 5) is 13.2. The fraction of sp³-hybridized carbons (Fsp3) is 0.538. The van der Waals surface area contributed by atoms with E-state index in [0.29, 0.717) is 24.5 Å². The van der Waals surface area contributed by atoms with Crippen LogP contribution in [0.15, 0.2) is 12.1 Å². The van der Waals surface area contributed by atoms with Crippen molar-refractivity contribution >= 4 is 17.4 Å². The second-order valence-corrected chi connectivity index (χ2v) is 6.15. The van der Waals surface area contributed by atoms with E-state index < -0.39 is 11.7 Å². The lowest BCUT2D eigenvalue weighted by molar-refractivity contribution is 0.0528. The number of thiophene rings is 1. The molecule has 0 radical (unpaired) electrons. The maximum Gasteiger partial charge on any atom is 0.407 e. The van der Waals surface area contributed by atoms with Crippen LogP contribution >= 0.6 is 11.3 Å². The van der Waals surface area contributed by atoms with Crippen molar-refractivity contribution in [1.82, 2.24) is 10.6 Å². The molecule has 1 rings (SSSR count). The first-order chi connectivity index (χ1) is 8.90. The van der Waals surface area contributed by atoms with Gasteiger partial charge in [-0.1, -0.05) is 0 Å². The van der Waals surface area contributed by atoms with Gasteiger partial charge in [0.2, 0.25) is 0 Å². The van der Waals surface area contributed by atoms with E-state index >= 15 is 0 Å². The van der Waals surface area contributed by atoms with Gasteiger partial charge in [0.05, 0.1) is 0 Å². The molecule has 5 nitrogen and oxygen atoms in total. The number of nitriles is 1. The Morgan fingerprint density at radius 3 is 2.74 bits per heavy atom. The lowest BCUT2D eigenvalue weighted by atomic mass is 10.2. The van der Waals surface area contributed by atoms with Crippen LogP contribution < -0.4 is 10.6 Å². The first-order valence-electron chi connectivity index (χ1n) is 6.07. The Hall–Kier alpha value is -1.58. The predicted octanol–water partition coefficient (Wildman–Crippen LogP) is 2.23. The third-order valence-corrected chi connectivity index (χ3v) is 3.03. The molecular weight excluding hydrogens is 262 g/mol. The number of hydrogen-bond donors (Lipinski definition) is 2. The minimum absolute atomic E-state index is 0.405. The molecule has 1 aromatic rings. The molecule has 0 spiro atoms. The van der Waals surface area contributed by atoms with Gasteiger partial charge < -0.3 is 15.4 Å². The van der Waals surface area contributed by atoms with E-state index in [1.54, 1.807) is 6.07 Å². The summed E-state index contributed by atoms with van der Waals surface area (Å²) in [5.41, 5.74) is -0.470. The lowest BCUT2D eigenvalue weighted by Crippen LogP contribution is -2.36. The topological polar surface area (TPSA) is 74.2 Å². The molecule has 0 aromatic carbocycles. The van der Waals surface area contributed by atoms with E-state index in [2.05, 4.69) is 16.7 Å². The molecule has 19 heavy (non-hydrogen) atoms. The normalized spacial score (nSPS) is 10.8. The Kier molecular flexibility index (Phi) is 5.80. The molecule has 0 unspecified atom stereocenters.